The molecule has 12 aliphatic carbocycles. The molecule has 858 valence electrons. The Morgan fingerprint density at radius 1 is 0.313 bits per heavy atom. The number of hydrogen-bond donors (Lipinski definition) is 2. The molecular weight excluding hydrogens is 1980 g/mol. The predicted molar refractivity (Wildman–Crippen MR) is 573 cm³/mol. The number of hydrogen-bond acceptors (Lipinski definition) is 27. The maximum atomic E-state index is 12.9. The molecule has 0 aromatic heterocycles. The molecule has 0 radical (unpaired) electrons. The number of fused-ring (bicyclic) bond motifs is 15. The second-order valence-electron chi connectivity index (χ2n) is 48.8. The highest BCUT2D eigenvalue weighted by Gasteiger charge is 2.65. The molecule has 0 heterocycles. The SMILES string of the molecule is CC(=O)[C@H]1CC[C@H]2[C@@H]3CC[C@H]4C[C@H](O)CC[C@]4(C)[C@H]3CC[C@]12C.CC(=O)[C@H]1CC[C@H]2[C@@H]3CC[C@H]4C[C@H](OC(=O)OCCl)CC[C@]4(C)[C@H]3CC[C@]12C.CCCCCCCC(=O)OCC(COC(=O)CCCCCCC)OC(=O)CC(C)CC(=O)O.CCCCCCCC(=O)OCC(COC(=O)CCCCCCC)OC(=O)CC(C)CC(=O)OCOC(=O)O[C@@H]1CC[C@@]2(C)[C@@H](CC[C@@H]3[C@@H]2CC[C@]2(C)[C@@H](C(C)=O)CC[C@@H]32)C1.O=C(Cl)OCCl. The fraction of sp³-hybridized carbons (Fsp3) is 0.882. The van der Waals surface area contributed by atoms with Crippen molar-refractivity contribution in [2.45, 2.75) is 488 Å². The van der Waals surface area contributed by atoms with Crippen LogP contribution < -0.4 is 0 Å². The van der Waals surface area contributed by atoms with Gasteiger partial charge in [-0.15, -0.1) is 0 Å². The van der Waals surface area contributed by atoms with Gasteiger partial charge in [0, 0.05) is 80.7 Å². The Kier molecular flexibility index (Phi) is 54.8. The van der Waals surface area contributed by atoms with Crippen LogP contribution in [0.15, 0.2) is 0 Å². The van der Waals surface area contributed by atoms with E-state index in [1.807, 2.05) is 6.92 Å². The topological polar surface area (TPSA) is 390 Å². The number of ether oxygens (including phenoxy) is 12. The molecule has 0 bridgehead atoms. The highest BCUT2D eigenvalue weighted by Crippen LogP contribution is 2.72. The van der Waals surface area contributed by atoms with Crippen LogP contribution in [-0.2, 0) is 110 Å². The van der Waals surface area contributed by atoms with Crippen molar-refractivity contribution in [2.75, 3.05) is 45.4 Å². The van der Waals surface area contributed by atoms with Crippen LogP contribution >= 0.6 is 34.8 Å². The number of carboxylic acids is 1. The minimum atomic E-state index is -0.993. The molecule has 150 heavy (non-hydrogen) atoms. The molecule has 0 aliphatic heterocycles. The Balaban J connectivity index is 0.000000256. The number of carboxylic acid groups (broad SMARTS) is 1. The van der Waals surface area contributed by atoms with Crippen molar-refractivity contribution >= 4 is 118 Å². The zero-order valence-electron chi connectivity index (χ0n) is 94.2. The van der Waals surface area contributed by atoms with Gasteiger partial charge in [0.25, 0.3) is 0 Å². The van der Waals surface area contributed by atoms with E-state index in [-0.39, 0.29) is 154 Å². The lowest BCUT2D eigenvalue weighted by molar-refractivity contribution is -0.168. The van der Waals surface area contributed by atoms with Gasteiger partial charge in [0.1, 0.15) is 56.0 Å². The van der Waals surface area contributed by atoms with Crippen molar-refractivity contribution in [2.24, 2.45) is 133 Å². The zero-order valence-corrected chi connectivity index (χ0v) is 96.5. The summed E-state index contributed by atoms with van der Waals surface area (Å²) in [5.41, 5.74) is 0.764. The van der Waals surface area contributed by atoms with Gasteiger partial charge < -0.3 is 67.1 Å². The third-order valence-electron chi connectivity index (χ3n) is 38.9. The number of halogens is 3. The monoisotopic (exact) mass is 2180 g/mol. The molecule has 0 spiro atoms. The number of rotatable bonds is 51. The number of aliphatic hydroxyl groups excluding tert-OH is 1. The van der Waals surface area contributed by atoms with Crippen LogP contribution in [0.25, 0.3) is 0 Å². The van der Waals surface area contributed by atoms with Gasteiger partial charge in [-0.25, -0.2) is 14.4 Å². The molecule has 12 saturated carbocycles. The molecular formula is C119H193Cl3O28. The van der Waals surface area contributed by atoms with E-state index in [1.54, 1.807) is 27.7 Å². The van der Waals surface area contributed by atoms with Gasteiger partial charge in [0.15, 0.2) is 24.3 Å². The summed E-state index contributed by atoms with van der Waals surface area (Å²) in [6.07, 6.45) is 47.3. The number of esters is 7. The Labute approximate surface area is 912 Å². The predicted octanol–water partition coefficient (Wildman–Crippen LogP) is 27.7. The van der Waals surface area contributed by atoms with E-state index in [9.17, 15) is 72.2 Å². The minimum absolute atomic E-state index is 0.0345. The molecule has 0 aromatic carbocycles. The van der Waals surface area contributed by atoms with Crippen molar-refractivity contribution < 1.29 is 134 Å². The maximum absolute atomic E-state index is 12.9. The van der Waals surface area contributed by atoms with Gasteiger partial charge in [-0.1, -0.05) is 209 Å². The average Bonchev–Trinajstić information content (AvgIpc) is 1.49. The molecule has 0 aromatic rings. The molecule has 12 fully saturated rings. The largest absolute Gasteiger partial charge is 0.511 e. The Morgan fingerprint density at radius 3 is 0.913 bits per heavy atom. The van der Waals surface area contributed by atoms with Crippen molar-refractivity contribution in [3.05, 3.63) is 0 Å². The summed E-state index contributed by atoms with van der Waals surface area (Å²) in [5, 5.41) is 18.9. The van der Waals surface area contributed by atoms with Gasteiger partial charge in [-0.3, -0.25) is 52.7 Å². The third-order valence-corrected chi connectivity index (χ3v) is 39.3. The average molecular weight is 2180 g/mol. The number of unbranched alkanes of at least 4 members (excludes halogenated alkanes) is 16. The van der Waals surface area contributed by atoms with Crippen LogP contribution in [0.5, 0.6) is 0 Å². The number of carbonyl (C=O) groups excluding carboxylic acids is 13. The number of ketones is 3. The second-order valence-corrected chi connectivity index (χ2v) is 49.6. The lowest BCUT2D eigenvalue weighted by Gasteiger charge is -2.61. The lowest BCUT2D eigenvalue weighted by atomic mass is 9.44. The molecule has 31 heteroatoms. The summed E-state index contributed by atoms with van der Waals surface area (Å²) in [6, 6.07) is -0.333. The van der Waals surface area contributed by atoms with Crippen molar-refractivity contribution in [1.82, 2.24) is 0 Å². The van der Waals surface area contributed by atoms with E-state index in [4.69, 9.17) is 80.4 Å². The number of aliphatic carboxylic acids is 1. The summed E-state index contributed by atoms with van der Waals surface area (Å²) in [4.78, 5) is 168. The van der Waals surface area contributed by atoms with Crippen molar-refractivity contribution in [1.29, 1.82) is 0 Å². The van der Waals surface area contributed by atoms with Crippen LogP contribution in [0, 0.1) is 133 Å². The molecule has 12 aliphatic rings. The first-order valence-electron chi connectivity index (χ1n) is 58.6. The van der Waals surface area contributed by atoms with Crippen LogP contribution in [0.1, 0.15) is 457 Å². The zero-order chi connectivity index (χ0) is 110. The summed E-state index contributed by atoms with van der Waals surface area (Å²) in [7, 11) is 0. The van der Waals surface area contributed by atoms with E-state index in [2.05, 4.69) is 85.6 Å². The van der Waals surface area contributed by atoms with Crippen LogP contribution in [0.2, 0.25) is 0 Å². The summed E-state index contributed by atoms with van der Waals surface area (Å²) in [5.74, 6) is 5.13. The molecule has 12 rings (SSSR count). The van der Waals surface area contributed by atoms with Crippen LogP contribution in [0.3, 0.4) is 0 Å². The first kappa shape index (κ1) is 129. The molecule has 26 atom stereocenters. The van der Waals surface area contributed by atoms with E-state index >= 15 is 0 Å². The van der Waals surface area contributed by atoms with E-state index in [0.717, 1.165) is 241 Å². The quantitative estimate of drug-likeness (QED) is 0.0143. The van der Waals surface area contributed by atoms with Crippen LogP contribution in [-0.4, -0.2) is 169 Å². The molecule has 2 unspecified atom stereocenters. The van der Waals surface area contributed by atoms with Gasteiger partial charge >= 0.3 is 65.5 Å². The smallest absolute Gasteiger partial charge is 0.481 e. The number of carbonyl (C=O) groups is 14. The molecule has 0 saturated heterocycles. The van der Waals surface area contributed by atoms with Gasteiger partial charge in [-0.05, 0) is 335 Å². The summed E-state index contributed by atoms with van der Waals surface area (Å²) >= 11 is 15.0. The Hall–Kier alpha value is -6.39. The van der Waals surface area contributed by atoms with Crippen molar-refractivity contribution in [3.8, 4) is 0 Å². The maximum Gasteiger partial charge on any atom is 0.511 e. The normalized spacial score (nSPS) is 31.7. The molecule has 2 N–H and O–H groups in total. The van der Waals surface area contributed by atoms with E-state index in [0.29, 0.717) is 82.4 Å². The van der Waals surface area contributed by atoms with E-state index < -0.39 is 84.4 Å². The fourth-order valence-corrected chi connectivity index (χ4v) is 31.3. The molecule has 28 nitrogen and oxygen atoms in total. The Bertz CT molecular complexity index is 4180. The number of Topliss-reactive ketones (excluding diaryl/α,β-unsaturated/α-hetero) is 3. The molecule has 0 amide bonds. The Morgan fingerprint density at radius 2 is 0.607 bits per heavy atom. The van der Waals surface area contributed by atoms with Gasteiger partial charge in [-0.2, -0.15) is 0 Å². The first-order valence-corrected chi connectivity index (χ1v) is 60.0. The number of aliphatic hydroxyl groups is 1. The summed E-state index contributed by atoms with van der Waals surface area (Å²) < 4.78 is 62.3. The van der Waals surface area contributed by atoms with Gasteiger partial charge in [0.2, 0.25) is 6.79 Å². The van der Waals surface area contributed by atoms with E-state index in [1.165, 1.54) is 83.5 Å². The second kappa shape index (κ2) is 63.9. The lowest BCUT2D eigenvalue weighted by Crippen LogP contribution is -2.54. The fourth-order valence-electron chi connectivity index (χ4n) is 31.0. The first-order chi connectivity index (χ1) is 71.4. The number of alkyl halides is 2. The standard InChI is InChI=1S/C48H78O12.C25H44O8.C23H35ClO4.C21H34O2.C2H2Cl2O2/c1-7-9-11-13-15-17-42(50)55-30-37(31-56-43(51)18-16-14-12-10-8-2)59-45(53)28-33(3)27-44(52)57-32-58-46(54)60-36-23-25-47(5)35(29-36)19-20-38-40-22-21-39(34(4)49)48(40,6)26-24-41(38)47;1-4-6-8-10-12-14-23(28)31-18-21(33-25(30)17-20(3)16-22(26)27)19-32-24(29)15-13-11-9-7-5-2;1-14(25)18-6-7-19-17-5-4-15-12-16(28-21(26)27-13-24)8-10-22(15,2)20(17)9-11-23(18,19)3;1-13(22)17-6-7-18-16-5-4-14-12-15(23)8-10-20(14,2)19(16)9-11-21(17,18)3;3-1-6-2(4)5/h33,35-41H,7-32H2,1-6H3;20-21H,4-19H2,1-3H3,(H,26,27);15-20H,4-13H2,1-3H3;14-19,23H,4-12H2,1-3H3;1H2/t33?,35-,36+,38-,39+,40-,41-,47-,48+;;15-,16+,17-,18+,19-,20-,22-,23+;14-,15+,16-,17+,18-,19-,20-,21+;/m0.00./s1. The third kappa shape index (κ3) is 38.0. The van der Waals surface area contributed by atoms with Gasteiger partial charge in [0.05, 0.1) is 6.10 Å². The minimum Gasteiger partial charge on any atom is -0.481 e. The summed E-state index contributed by atoms with van der Waals surface area (Å²) in [6.45, 7) is 30.5. The van der Waals surface area contributed by atoms with Crippen LogP contribution in [0.4, 0.5) is 14.4 Å². The highest BCUT2D eigenvalue weighted by molar-refractivity contribution is 6.61. The van der Waals surface area contributed by atoms with Crippen molar-refractivity contribution in [3.63, 3.8) is 0 Å². The highest BCUT2D eigenvalue weighted by atomic mass is 35.5.